The van der Waals surface area contributed by atoms with E-state index >= 15 is 0 Å². The molecule has 8 heteroatoms. The largest absolute Gasteiger partial charge is 0.466 e. The van der Waals surface area contributed by atoms with Crippen molar-refractivity contribution in [1.82, 2.24) is 4.98 Å². The van der Waals surface area contributed by atoms with Gasteiger partial charge in [0.25, 0.3) is 0 Å². The first-order valence-corrected chi connectivity index (χ1v) is 8.38. The van der Waals surface area contributed by atoms with Crippen LogP contribution in [0.1, 0.15) is 18.2 Å². The Bertz CT molecular complexity index is 690. The summed E-state index contributed by atoms with van der Waals surface area (Å²) >= 11 is 3.42. The SMILES string of the molecule is CCOC(=O)Cc1csc(NN=Cc2cc(I)ccc2F)n1. The van der Waals surface area contributed by atoms with E-state index in [4.69, 9.17) is 4.74 Å². The fraction of sp³-hybridized carbons (Fsp3) is 0.214. The first-order valence-electron chi connectivity index (χ1n) is 6.42. The molecule has 0 radical (unpaired) electrons. The quantitative estimate of drug-likeness (QED) is 0.328. The first-order chi connectivity index (χ1) is 10.6. The molecule has 0 saturated heterocycles. The summed E-state index contributed by atoms with van der Waals surface area (Å²) in [4.78, 5) is 15.5. The highest BCUT2D eigenvalue weighted by molar-refractivity contribution is 14.1. The van der Waals surface area contributed by atoms with Crippen LogP contribution in [-0.2, 0) is 16.0 Å². The van der Waals surface area contributed by atoms with Crippen LogP contribution in [-0.4, -0.2) is 23.8 Å². The lowest BCUT2D eigenvalue weighted by Crippen LogP contribution is -2.07. The summed E-state index contributed by atoms with van der Waals surface area (Å²) in [5, 5.41) is 6.24. The maximum absolute atomic E-state index is 13.5. The second-order valence-corrected chi connectivity index (χ2v) is 6.27. The lowest BCUT2D eigenvalue weighted by Gasteiger charge is -1.98. The van der Waals surface area contributed by atoms with Gasteiger partial charge < -0.3 is 4.74 Å². The Hall–Kier alpha value is -1.55. The number of ether oxygens (including phenoxy) is 1. The zero-order valence-electron chi connectivity index (χ0n) is 11.7. The van der Waals surface area contributed by atoms with Gasteiger partial charge in [-0.15, -0.1) is 11.3 Å². The van der Waals surface area contributed by atoms with Crippen molar-refractivity contribution < 1.29 is 13.9 Å². The van der Waals surface area contributed by atoms with Crippen LogP contribution in [0.25, 0.3) is 0 Å². The minimum Gasteiger partial charge on any atom is -0.466 e. The highest BCUT2D eigenvalue weighted by Gasteiger charge is 2.08. The van der Waals surface area contributed by atoms with Gasteiger partial charge in [-0.05, 0) is 47.7 Å². The van der Waals surface area contributed by atoms with E-state index in [9.17, 15) is 9.18 Å². The summed E-state index contributed by atoms with van der Waals surface area (Å²) in [5.74, 6) is -0.656. The van der Waals surface area contributed by atoms with Gasteiger partial charge >= 0.3 is 5.97 Å². The Morgan fingerprint density at radius 2 is 2.41 bits per heavy atom. The molecule has 0 bridgehead atoms. The molecular formula is C14H13FIN3O2S. The summed E-state index contributed by atoms with van der Waals surface area (Å²) in [6.45, 7) is 2.10. The zero-order chi connectivity index (χ0) is 15.9. The minimum atomic E-state index is -0.340. The summed E-state index contributed by atoms with van der Waals surface area (Å²) < 4.78 is 19.3. The van der Waals surface area contributed by atoms with E-state index in [-0.39, 0.29) is 18.2 Å². The van der Waals surface area contributed by atoms with Crippen molar-refractivity contribution in [2.24, 2.45) is 5.10 Å². The number of anilines is 1. The molecule has 22 heavy (non-hydrogen) atoms. The van der Waals surface area contributed by atoms with Crippen LogP contribution < -0.4 is 5.43 Å². The smallest absolute Gasteiger partial charge is 0.311 e. The number of nitrogens with zero attached hydrogens (tertiary/aromatic N) is 2. The van der Waals surface area contributed by atoms with E-state index < -0.39 is 0 Å². The fourth-order valence-electron chi connectivity index (χ4n) is 1.57. The van der Waals surface area contributed by atoms with Crippen LogP contribution in [0.4, 0.5) is 9.52 Å². The van der Waals surface area contributed by atoms with Crippen LogP contribution in [0, 0.1) is 9.39 Å². The van der Waals surface area contributed by atoms with Gasteiger partial charge in [0.05, 0.1) is 24.9 Å². The number of carbonyl (C=O) groups is 1. The number of hydrogen-bond acceptors (Lipinski definition) is 6. The molecule has 0 aliphatic carbocycles. The topological polar surface area (TPSA) is 63.6 Å². The molecule has 0 amide bonds. The molecule has 0 aliphatic heterocycles. The van der Waals surface area contributed by atoms with E-state index in [2.05, 4.69) is 38.1 Å². The number of rotatable bonds is 6. The average Bonchev–Trinajstić information content (AvgIpc) is 2.90. The Morgan fingerprint density at radius 1 is 1.59 bits per heavy atom. The predicted molar refractivity (Wildman–Crippen MR) is 92.8 cm³/mol. The molecule has 116 valence electrons. The Morgan fingerprint density at radius 3 is 3.18 bits per heavy atom. The highest BCUT2D eigenvalue weighted by atomic mass is 127. The van der Waals surface area contributed by atoms with Crippen molar-refractivity contribution in [1.29, 1.82) is 0 Å². The van der Waals surface area contributed by atoms with Gasteiger partial charge in [0, 0.05) is 14.5 Å². The lowest BCUT2D eigenvalue weighted by atomic mass is 10.2. The van der Waals surface area contributed by atoms with Crippen LogP contribution in [0.3, 0.4) is 0 Å². The Kier molecular flexibility index (Phi) is 6.25. The number of carbonyl (C=O) groups excluding carboxylic acids is 1. The van der Waals surface area contributed by atoms with Crippen LogP contribution in [0.5, 0.6) is 0 Å². The molecule has 0 unspecified atom stereocenters. The summed E-state index contributed by atoms with van der Waals surface area (Å²) in [7, 11) is 0. The van der Waals surface area contributed by atoms with Gasteiger partial charge in [-0.25, -0.2) is 9.37 Å². The molecule has 0 aliphatic rings. The summed E-state index contributed by atoms with van der Waals surface area (Å²) in [6, 6.07) is 4.77. The molecule has 5 nitrogen and oxygen atoms in total. The normalized spacial score (nSPS) is 10.9. The van der Waals surface area contributed by atoms with E-state index in [1.807, 2.05) is 0 Å². The number of benzene rings is 1. The minimum absolute atomic E-state index is 0.126. The van der Waals surface area contributed by atoms with E-state index in [1.54, 1.807) is 24.4 Å². The zero-order valence-corrected chi connectivity index (χ0v) is 14.7. The van der Waals surface area contributed by atoms with Gasteiger partial charge in [-0.1, -0.05) is 0 Å². The molecule has 0 fully saturated rings. The molecule has 0 saturated carbocycles. The van der Waals surface area contributed by atoms with Crippen molar-refractivity contribution in [2.45, 2.75) is 13.3 Å². The molecule has 0 atom stereocenters. The number of esters is 1. The van der Waals surface area contributed by atoms with Crippen molar-refractivity contribution in [3.05, 3.63) is 44.2 Å². The predicted octanol–water partition coefficient (Wildman–Crippen LogP) is 3.44. The number of hydrazone groups is 1. The summed E-state index contributed by atoms with van der Waals surface area (Å²) in [6.07, 6.45) is 1.52. The molecule has 2 aromatic rings. The Balaban J connectivity index is 1.94. The maximum Gasteiger partial charge on any atom is 0.311 e. The molecule has 2 rings (SSSR count). The standard InChI is InChI=1S/C14H13FIN3O2S/c1-2-21-13(20)6-11-8-22-14(18-11)19-17-7-9-5-10(16)3-4-12(9)15/h3-5,7-8H,2,6H2,1H3,(H,18,19). The highest BCUT2D eigenvalue weighted by Crippen LogP contribution is 2.16. The third-order valence-electron chi connectivity index (χ3n) is 2.50. The van der Waals surface area contributed by atoms with Gasteiger partial charge in [0.15, 0.2) is 0 Å². The van der Waals surface area contributed by atoms with Crippen molar-refractivity contribution in [2.75, 3.05) is 12.0 Å². The Labute approximate surface area is 144 Å². The molecule has 1 aromatic heterocycles. The van der Waals surface area contributed by atoms with Gasteiger partial charge in [0.2, 0.25) is 5.13 Å². The molecule has 1 heterocycles. The molecular weight excluding hydrogens is 420 g/mol. The molecule has 1 N–H and O–H groups in total. The first kappa shape index (κ1) is 16.8. The third-order valence-corrected chi connectivity index (χ3v) is 3.97. The van der Waals surface area contributed by atoms with Crippen LogP contribution in [0.2, 0.25) is 0 Å². The van der Waals surface area contributed by atoms with E-state index in [1.165, 1.54) is 23.6 Å². The number of nitrogens with one attached hydrogen (secondary N) is 1. The van der Waals surface area contributed by atoms with Crippen LogP contribution in [0.15, 0.2) is 28.7 Å². The van der Waals surface area contributed by atoms with Crippen molar-refractivity contribution in [3.8, 4) is 0 Å². The number of hydrogen-bond donors (Lipinski definition) is 1. The van der Waals surface area contributed by atoms with Crippen molar-refractivity contribution in [3.63, 3.8) is 0 Å². The summed E-state index contributed by atoms with van der Waals surface area (Å²) in [5.41, 5.74) is 3.73. The van der Waals surface area contributed by atoms with E-state index in [0.717, 1.165) is 3.57 Å². The maximum atomic E-state index is 13.5. The molecule has 1 aromatic carbocycles. The number of halogens is 2. The second kappa shape index (κ2) is 8.18. The number of thiazole rings is 1. The fourth-order valence-corrected chi connectivity index (χ4v) is 2.74. The third kappa shape index (κ3) is 5.02. The lowest BCUT2D eigenvalue weighted by molar-refractivity contribution is -0.142. The van der Waals surface area contributed by atoms with Gasteiger partial charge in [-0.3, -0.25) is 10.2 Å². The average molecular weight is 433 g/mol. The van der Waals surface area contributed by atoms with Crippen molar-refractivity contribution >= 4 is 51.2 Å². The second-order valence-electron chi connectivity index (χ2n) is 4.16. The number of aromatic nitrogens is 1. The molecule has 0 spiro atoms. The van der Waals surface area contributed by atoms with Gasteiger partial charge in [-0.2, -0.15) is 5.10 Å². The van der Waals surface area contributed by atoms with Crippen LogP contribution >= 0.6 is 33.9 Å². The van der Waals surface area contributed by atoms with E-state index in [0.29, 0.717) is 23.0 Å². The monoisotopic (exact) mass is 433 g/mol. The van der Waals surface area contributed by atoms with Gasteiger partial charge in [0.1, 0.15) is 5.82 Å².